The maximum atomic E-state index is 7.36. The van der Waals surface area contributed by atoms with E-state index in [9.17, 15) is 0 Å². The summed E-state index contributed by atoms with van der Waals surface area (Å²) in [6, 6.07) is 72.8. The Labute approximate surface area is 397 Å². The van der Waals surface area contributed by atoms with Crippen LogP contribution in [0, 0.1) is 0 Å². The van der Waals surface area contributed by atoms with Gasteiger partial charge in [-0.05, 0) is 84.6 Å². The minimum atomic E-state index is 0.610. The number of para-hydroxylation sites is 3. The zero-order valence-electron chi connectivity index (χ0n) is 37.4. The van der Waals surface area contributed by atoms with Crippen molar-refractivity contribution in [2.24, 2.45) is 0 Å². The summed E-state index contributed by atoms with van der Waals surface area (Å²) >= 11 is 0. The van der Waals surface area contributed by atoms with E-state index in [-0.39, 0.29) is 0 Å². The molecule has 0 fully saturated rings. The molecule has 1 aliphatic rings. The van der Waals surface area contributed by atoms with Crippen LogP contribution in [-0.2, 0) is 0 Å². The Bertz CT molecular complexity index is 4160. The summed E-state index contributed by atoms with van der Waals surface area (Å²) in [5.74, 6) is 1.86. The first-order valence-electron chi connectivity index (χ1n) is 23.6. The van der Waals surface area contributed by atoms with Crippen molar-refractivity contribution in [1.82, 2.24) is 24.1 Å². The Kier molecular flexibility index (Phi) is 8.92. The van der Waals surface area contributed by atoms with Gasteiger partial charge in [0.05, 0.1) is 38.5 Å². The lowest BCUT2D eigenvalue weighted by Gasteiger charge is -2.22. The fourth-order valence-corrected chi connectivity index (χ4v) is 10.7. The summed E-state index contributed by atoms with van der Waals surface area (Å²) < 4.78 is 12.2. The summed E-state index contributed by atoms with van der Waals surface area (Å²) in [6.45, 7) is 0. The SMILES string of the molecule is C1=CC(c2cc(-c3nc(-c4ccccc4)nc(-c4ccccc4)n3)cc(-c3ccccc3)c2-n2c3ccccc3c3c4oc5c(ccc6c5c5ccccc5n6-c5ccccc5)c4ccc32)=CCC1. The zero-order chi connectivity index (χ0) is 45.4. The Morgan fingerprint density at radius 3 is 1.42 bits per heavy atom. The highest BCUT2D eigenvalue weighted by Gasteiger charge is 2.26. The van der Waals surface area contributed by atoms with Crippen LogP contribution in [0.1, 0.15) is 18.4 Å². The lowest BCUT2D eigenvalue weighted by atomic mass is 9.90. The van der Waals surface area contributed by atoms with E-state index in [0.717, 1.165) is 129 Å². The molecule has 1 aliphatic carbocycles. The number of fused-ring (bicyclic) bond motifs is 11. The Hall–Kier alpha value is -9.13. The van der Waals surface area contributed by atoms with E-state index in [1.54, 1.807) is 0 Å². The fourth-order valence-electron chi connectivity index (χ4n) is 10.7. The standard InChI is InChI=1S/C63H41N5O/c1-6-20-40(21-7-1)50-38-44(63-65-61(42-24-10-3-11-25-42)64-62(66-63)43-26-12-4-13-27-43)39-51(41-22-8-2-9-23-41)58(50)68-53-33-19-17-31-49(53)57-55(68)37-35-47-46-34-36-54-56(59(46)69-60(47)57)48-30-16-18-32-52(48)67(54)45-28-14-5-15-29-45/h1,3-8,10-39H,2,9H2. The number of nitrogens with zero attached hydrogens (tertiary/aromatic N) is 5. The van der Waals surface area contributed by atoms with Crippen LogP contribution in [0.3, 0.4) is 0 Å². The van der Waals surface area contributed by atoms with E-state index >= 15 is 0 Å². The molecule has 4 aromatic heterocycles. The molecular formula is C63H41N5O. The van der Waals surface area contributed by atoms with E-state index in [4.69, 9.17) is 19.4 Å². The average Bonchev–Trinajstić information content (AvgIpc) is 4.09. The van der Waals surface area contributed by atoms with Crippen molar-refractivity contribution >= 4 is 71.1 Å². The van der Waals surface area contributed by atoms with Gasteiger partial charge in [-0.3, -0.25) is 0 Å². The smallest absolute Gasteiger partial charge is 0.164 e. The second-order valence-corrected chi connectivity index (χ2v) is 17.8. The molecule has 6 heteroatoms. The molecule has 0 amide bonds. The third-order valence-electron chi connectivity index (χ3n) is 13.8. The molecule has 0 bridgehead atoms. The van der Waals surface area contributed by atoms with Gasteiger partial charge in [0, 0.05) is 55.0 Å². The third-order valence-corrected chi connectivity index (χ3v) is 13.8. The molecule has 13 aromatic rings. The number of hydrogen-bond donors (Lipinski definition) is 0. The molecule has 0 aliphatic heterocycles. The van der Waals surface area contributed by atoms with Crippen molar-refractivity contribution < 1.29 is 4.42 Å². The predicted octanol–water partition coefficient (Wildman–Crippen LogP) is 16.4. The second kappa shape index (κ2) is 15.8. The second-order valence-electron chi connectivity index (χ2n) is 17.8. The summed E-state index contributed by atoms with van der Waals surface area (Å²) in [5.41, 5.74) is 15.6. The van der Waals surface area contributed by atoms with Crippen LogP contribution >= 0.6 is 0 Å². The van der Waals surface area contributed by atoms with Gasteiger partial charge in [0.2, 0.25) is 0 Å². The van der Waals surface area contributed by atoms with E-state index in [1.165, 1.54) is 0 Å². The van der Waals surface area contributed by atoms with Gasteiger partial charge in [0.1, 0.15) is 11.2 Å². The maximum Gasteiger partial charge on any atom is 0.164 e. The molecule has 6 nitrogen and oxygen atoms in total. The van der Waals surface area contributed by atoms with Gasteiger partial charge in [0.15, 0.2) is 17.5 Å². The molecule has 324 valence electrons. The summed E-state index contributed by atoms with van der Waals surface area (Å²) in [6.07, 6.45) is 8.88. The number of furan rings is 1. The topological polar surface area (TPSA) is 61.7 Å². The Morgan fingerprint density at radius 1 is 0.377 bits per heavy atom. The number of aromatic nitrogens is 5. The van der Waals surface area contributed by atoms with Crippen molar-refractivity contribution in [2.45, 2.75) is 12.8 Å². The first kappa shape index (κ1) is 39.1. The third kappa shape index (κ3) is 6.23. The van der Waals surface area contributed by atoms with Crippen LogP contribution in [-0.4, -0.2) is 24.1 Å². The van der Waals surface area contributed by atoms with Crippen molar-refractivity contribution in [1.29, 1.82) is 0 Å². The highest BCUT2D eigenvalue weighted by molar-refractivity contribution is 6.29. The largest absolute Gasteiger partial charge is 0.455 e. The molecule has 0 unspecified atom stereocenters. The number of hydrogen-bond acceptors (Lipinski definition) is 4. The van der Waals surface area contributed by atoms with Crippen LogP contribution < -0.4 is 0 Å². The molecule has 14 rings (SSSR count). The number of allylic oxidation sites excluding steroid dienone is 4. The molecule has 9 aromatic carbocycles. The van der Waals surface area contributed by atoms with Crippen molar-refractivity contribution in [3.05, 3.63) is 230 Å². The highest BCUT2D eigenvalue weighted by atomic mass is 16.3. The summed E-state index contributed by atoms with van der Waals surface area (Å²) in [5, 5.41) is 6.68. The Morgan fingerprint density at radius 2 is 0.855 bits per heavy atom. The molecule has 0 radical (unpaired) electrons. The normalized spacial score (nSPS) is 12.8. The molecule has 4 heterocycles. The van der Waals surface area contributed by atoms with Crippen LogP contribution in [0.25, 0.3) is 128 Å². The van der Waals surface area contributed by atoms with Crippen LogP contribution in [0.5, 0.6) is 0 Å². The molecule has 0 saturated heterocycles. The lowest BCUT2D eigenvalue weighted by molar-refractivity contribution is 0.677. The van der Waals surface area contributed by atoms with Crippen LogP contribution in [0.15, 0.2) is 229 Å². The highest BCUT2D eigenvalue weighted by Crippen LogP contribution is 2.47. The van der Waals surface area contributed by atoms with Crippen LogP contribution in [0.2, 0.25) is 0 Å². The summed E-state index contributed by atoms with van der Waals surface area (Å²) in [4.78, 5) is 15.5. The van der Waals surface area contributed by atoms with E-state index in [2.05, 4.69) is 197 Å². The summed E-state index contributed by atoms with van der Waals surface area (Å²) in [7, 11) is 0. The van der Waals surface area contributed by atoms with Gasteiger partial charge < -0.3 is 13.6 Å². The Balaban J connectivity index is 1.07. The van der Waals surface area contributed by atoms with Crippen molar-refractivity contribution in [2.75, 3.05) is 0 Å². The van der Waals surface area contributed by atoms with Crippen molar-refractivity contribution in [3.8, 4) is 56.7 Å². The molecule has 0 spiro atoms. The molecule has 69 heavy (non-hydrogen) atoms. The molecular weight excluding hydrogens is 843 g/mol. The molecule has 0 N–H and O–H groups in total. The monoisotopic (exact) mass is 883 g/mol. The average molecular weight is 884 g/mol. The minimum Gasteiger partial charge on any atom is -0.455 e. The van der Waals surface area contributed by atoms with Crippen LogP contribution in [0.4, 0.5) is 0 Å². The molecule has 0 atom stereocenters. The van der Waals surface area contributed by atoms with Gasteiger partial charge in [-0.1, -0.05) is 164 Å². The first-order valence-corrected chi connectivity index (χ1v) is 23.6. The number of benzene rings is 9. The fraction of sp³-hybridized carbons (Fsp3) is 0.0317. The number of rotatable bonds is 7. The maximum absolute atomic E-state index is 7.36. The van der Waals surface area contributed by atoms with Gasteiger partial charge in [-0.25, -0.2) is 15.0 Å². The first-order chi connectivity index (χ1) is 34.2. The lowest BCUT2D eigenvalue weighted by Crippen LogP contribution is -2.05. The van der Waals surface area contributed by atoms with Gasteiger partial charge in [-0.2, -0.15) is 0 Å². The minimum absolute atomic E-state index is 0.610. The van der Waals surface area contributed by atoms with E-state index in [1.807, 2.05) is 36.4 Å². The van der Waals surface area contributed by atoms with E-state index in [0.29, 0.717) is 17.5 Å². The van der Waals surface area contributed by atoms with Gasteiger partial charge >= 0.3 is 0 Å². The zero-order valence-corrected chi connectivity index (χ0v) is 37.4. The predicted molar refractivity (Wildman–Crippen MR) is 284 cm³/mol. The van der Waals surface area contributed by atoms with E-state index < -0.39 is 0 Å². The van der Waals surface area contributed by atoms with Gasteiger partial charge in [-0.15, -0.1) is 0 Å². The van der Waals surface area contributed by atoms with Gasteiger partial charge in [0.25, 0.3) is 0 Å². The van der Waals surface area contributed by atoms with Crippen molar-refractivity contribution in [3.63, 3.8) is 0 Å². The molecule has 0 saturated carbocycles. The quantitative estimate of drug-likeness (QED) is 0.160.